The van der Waals surface area contributed by atoms with Crippen molar-refractivity contribution in [1.29, 1.82) is 0 Å². The Morgan fingerprint density at radius 2 is 1.69 bits per heavy atom. The zero-order valence-electron chi connectivity index (χ0n) is 17.5. The van der Waals surface area contributed by atoms with E-state index in [-0.39, 0.29) is 5.91 Å². The minimum absolute atomic E-state index is 0.105. The van der Waals surface area contributed by atoms with Crippen LogP contribution in [0, 0.1) is 13.8 Å². The molecule has 0 unspecified atom stereocenters. The lowest BCUT2D eigenvalue weighted by molar-refractivity contribution is -0.117. The molecule has 0 aromatic carbocycles. The average Bonchev–Trinajstić information content (AvgIpc) is 2.71. The molecule has 2 aromatic heterocycles. The lowest BCUT2D eigenvalue weighted by Gasteiger charge is -2.37. The van der Waals surface area contributed by atoms with Gasteiger partial charge in [-0.15, -0.1) is 0 Å². The van der Waals surface area contributed by atoms with E-state index < -0.39 is 0 Å². The van der Waals surface area contributed by atoms with Gasteiger partial charge in [-0.3, -0.25) is 24.7 Å². The van der Waals surface area contributed by atoms with Crippen LogP contribution in [0.4, 0.5) is 0 Å². The van der Waals surface area contributed by atoms with Gasteiger partial charge < -0.3 is 5.32 Å². The maximum absolute atomic E-state index is 11.0. The van der Waals surface area contributed by atoms with Gasteiger partial charge in [0, 0.05) is 51.5 Å². The first-order valence-electron chi connectivity index (χ1n) is 10.1. The van der Waals surface area contributed by atoms with Crippen molar-refractivity contribution in [3.8, 4) is 0 Å². The average molecular weight is 395 g/mol. The van der Waals surface area contributed by atoms with Crippen molar-refractivity contribution in [2.24, 2.45) is 5.10 Å². The number of nitrogens with zero attached hydrogens (tertiary/aromatic N) is 5. The second kappa shape index (κ2) is 10.1. The van der Waals surface area contributed by atoms with E-state index in [1.807, 2.05) is 29.5 Å². The Balaban J connectivity index is 1.70. The number of aromatic nitrogens is 2. The molecule has 3 heterocycles. The van der Waals surface area contributed by atoms with Gasteiger partial charge in [-0.1, -0.05) is 12.1 Å². The van der Waals surface area contributed by atoms with Gasteiger partial charge in [-0.25, -0.2) is 0 Å². The number of hydrogen-bond donors (Lipinski definition) is 1. The highest BCUT2D eigenvalue weighted by molar-refractivity contribution is 5.85. The smallest absolute Gasteiger partial charge is 0.221 e. The maximum Gasteiger partial charge on any atom is 0.221 e. The Hall–Kier alpha value is -2.80. The largest absolute Gasteiger partial charge is 0.316 e. The van der Waals surface area contributed by atoms with E-state index in [1.54, 1.807) is 0 Å². The van der Waals surface area contributed by atoms with Crippen LogP contribution in [0.5, 0.6) is 0 Å². The van der Waals surface area contributed by atoms with Crippen LogP contribution in [0.15, 0.2) is 41.8 Å². The molecule has 29 heavy (non-hydrogen) atoms. The molecule has 7 heteroatoms. The molecule has 0 bridgehead atoms. The molecule has 1 aliphatic heterocycles. The summed E-state index contributed by atoms with van der Waals surface area (Å²) in [7, 11) is 0. The Morgan fingerprint density at radius 1 is 1.14 bits per heavy atom. The third kappa shape index (κ3) is 6.09. The Morgan fingerprint density at radius 3 is 2.17 bits per heavy atom. The summed E-state index contributed by atoms with van der Waals surface area (Å²) in [6, 6.07) is 8.64. The molecule has 1 amide bonds. The van der Waals surface area contributed by atoms with Gasteiger partial charge in [0.1, 0.15) is 6.34 Å². The monoisotopic (exact) mass is 394 g/mol. The standard InChI is InChI=1S/C22H30N6O/c1-17-6-4-10-23-21(17)14-27(15-22-18(2)7-5-11-24-22)20-8-12-28(13-9-20)26-16-25-19(3)29/h4-7,10-11,16,20H,8-9,12-15H2,1-3H3,(H,25,26,29). The molecule has 1 N–H and O–H groups in total. The SMILES string of the molecule is CC(=O)NC=NN1CCC(N(Cc2ncccc2C)Cc2ncccc2C)CC1. The van der Waals surface area contributed by atoms with E-state index in [2.05, 4.69) is 51.3 Å². The number of pyridine rings is 2. The van der Waals surface area contributed by atoms with Crippen molar-refractivity contribution < 1.29 is 4.79 Å². The van der Waals surface area contributed by atoms with Crippen molar-refractivity contribution in [2.45, 2.75) is 52.7 Å². The van der Waals surface area contributed by atoms with Crippen LogP contribution in [0.1, 0.15) is 42.3 Å². The van der Waals surface area contributed by atoms with E-state index in [0.717, 1.165) is 50.4 Å². The highest BCUT2D eigenvalue weighted by Gasteiger charge is 2.25. The van der Waals surface area contributed by atoms with Crippen molar-refractivity contribution in [3.63, 3.8) is 0 Å². The predicted molar refractivity (Wildman–Crippen MR) is 114 cm³/mol. The van der Waals surface area contributed by atoms with E-state index in [9.17, 15) is 4.79 Å². The zero-order chi connectivity index (χ0) is 20.6. The van der Waals surface area contributed by atoms with Gasteiger partial charge in [0.15, 0.2) is 0 Å². The summed E-state index contributed by atoms with van der Waals surface area (Å²) in [5.41, 5.74) is 4.67. The second-order valence-corrected chi connectivity index (χ2v) is 7.57. The molecule has 154 valence electrons. The minimum Gasteiger partial charge on any atom is -0.316 e. The van der Waals surface area contributed by atoms with Crippen molar-refractivity contribution in [2.75, 3.05) is 13.1 Å². The summed E-state index contributed by atoms with van der Waals surface area (Å²) >= 11 is 0. The fourth-order valence-electron chi connectivity index (χ4n) is 3.60. The van der Waals surface area contributed by atoms with Crippen LogP contribution < -0.4 is 5.32 Å². The maximum atomic E-state index is 11.0. The number of amides is 1. The molecule has 0 aliphatic carbocycles. The van der Waals surface area contributed by atoms with Gasteiger partial charge >= 0.3 is 0 Å². The molecule has 2 aromatic rings. The van der Waals surface area contributed by atoms with Crippen LogP contribution in [0.25, 0.3) is 0 Å². The molecule has 1 fully saturated rings. The molecule has 3 rings (SSSR count). The van der Waals surface area contributed by atoms with Gasteiger partial charge in [-0.05, 0) is 49.9 Å². The normalized spacial score (nSPS) is 15.2. The lowest BCUT2D eigenvalue weighted by atomic mass is 10.0. The number of piperidine rings is 1. The molecule has 0 radical (unpaired) electrons. The Bertz CT molecular complexity index is 797. The van der Waals surface area contributed by atoms with Crippen LogP contribution in [0.2, 0.25) is 0 Å². The predicted octanol–water partition coefficient (Wildman–Crippen LogP) is 2.64. The lowest BCUT2D eigenvalue weighted by Crippen LogP contribution is -2.43. The first kappa shape index (κ1) is 20.9. The van der Waals surface area contributed by atoms with E-state index >= 15 is 0 Å². The molecular weight excluding hydrogens is 364 g/mol. The van der Waals surface area contributed by atoms with Crippen LogP contribution >= 0.6 is 0 Å². The molecule has 0 atom stereocenters. The fraction of sp³-hybridized carbons (Fsp3) is 0.455. The Labute approximate surface area is 172 Å². The minimum atomic E-state index is -0.105. The van der Waals surface area contributed by atoms with Crippen LogP contribution in [-0.4, -0.2) is 51.3 Å². The number of aryl methyl sites for hydroxylation is 2. The van der Waals surface area contributed by atoms with Crippen LogP contribution in [0.3, 0.4) is 0 Å². The summed E-state index contributed by atoms with van der Waals surface area (Å²) in [5, 5.41) is 8.97. The molecule has 0 saturated carbocycles. The van der Waals surface area contributed by atoms with Gasteiger partial charge in [0.25, 0.3) is 0 Å². The second-order valence-electron chi connectivity index (χ2n) is 7.57. The first-order chi connectivity index (χ1) is 14.0. The van der Waals surface area contributed by atoms with Crippen molar-refractivity contribution in [1.82, 2.24) is 25.2 Å². The number of carbonyl (C=O) groups excluding carboxylic acids is 1. The fourth-order valence-corrected chi connectivity index (χ4v) is 3.60. The summed E-state index contributed by atoms with van der Waals surface area (Å²) in [6.07, 6.45) is 7.23. The van der Waals surface area contributed by atoms with E-state index in [1.165, 1.54) is 24.4 Å². The molecule has 0 spiro atoms. The molecular formula is C22H30N6O. The summed E-state index contributed by atoms with van der Waals surface area (Å²) in [5.74, 6) is -0.105. The third-order valence-corrected chi connectivity index (χ3v) is 5.39. The number of rotatable bonds is 7. The quantitative estimate of drug-likeness (QED) is 0.577. The van der Waals surface area contributed by atoms with E-state index in [0.29, 0.717) is 6.04 Å². The Kier molecular flexibility index (Phi) is 7.30. The highest BCUT2D eigenvalue weighted by atomic mass is 16.1. The van der Waals surface area contributed by atoms with Crippen LogP contribution in [-0.2, 0) is 17.9 Å². The summed E-state index contributed by atoms with van der Waals surface area (Å²) in [4.78, 5) is 22.7. The zero-order valence-corrected chi connectivity index (χ0v) is 17.5. The first-order valence-corrected chi connectivity index (χ1v) is 10.1. The van der Waals surface area contributed by atoms with E-state index in [4.69, 9.17) is 0 Å². The number of hydrogen-bond acceptors (Lipinski definition) is 6. The molecule has 1 saturated heterocycles. The summed E-state index contributed by atoms with van der Waals surface area (Å²) in [6.45, 7) is 9.05. The van der Waals surface area contributed by atoms with Gasteiger partial charge in [0.2, 0.25) is 5.91 Å². The molecule has 1 aliphatic rings. The number of nitrogens with one attached hydrogen (secondary N) is 1. The topological polar surface area (TPSA) is 73.7 Å². The number of hydrazone groups is 1. The van der Waals surface area contributed by atoms with Crippen molar-refractivity contribution >= 4 is 12.2 Å². The molecule has 7 nitrogen and oxygen atoms in total. The van der Waals surface area contributed by atoms with Gasteiger partial charge in [-0.2, -0.15) is 5.10 Å². The third-order valence-electron chi connectivity index (χ3n) is 5.39. The number of carbonyl (C=O) groups is 1. The van der Waals surface area contributed by atoms with Gasteiger partial charge in [0.05, 0.1) is 11.4 Å². The summed E-state index contributed by atoms with van der Waals surface area (Å²) < 4.78 is 0. The highest BCUT2D eigenvalue weighted by Crippen LogP contribution is 2.22. The van der Waals surface area contributed by atoms with Crippen molar-refractivity contribution in [3.05, 3.63) is 59.2 Å².